The Morgan fingerprint density at radius 2 is 2.15 bits per heavy atom. The normalized spacial score (nSPS) is 18.9. The van der Waals surface area contributed by atoms with Gasteiger partial charge in [0.05, 0.1) is 23.4 Å². The molecule has 0 radical (unpaired) electrons. The number of nitro groups is 1. The van der Waals surface area contributed by atoms with Gasteiger partial charge in [-0.1, -0.05) is 20.3 Å². The van der Waals surface area contributed by atoms with Gasteiger partial charge in [0.2, 0.25) is 0 Å². The van der Waals surface area contributed by atoms with Crippen LogP contribution in [-0.2, 0) is 0 Å². The zero-order valence-electron chi connectivity index (χ0n) is 12.0. The number of piperidine rings is 1. The van der Waals surface area contributed by atoms with Crippen molar-refractivity contribution in [3.05, 3.63) is 28.1 Å². The molecule has 1 aromatic heterocycles. The summed E-state index contributed by atoms with van der Waals surface area (Å²) in [6, 6.07) is 1.31. The van der Waals surface area contributed by atoms with Crippen LogP contribution in [-0.4, -0.2) is 40.2 Å². The number of aromatic nitrogens is 1. The van der Waals surface area contributed by atoms with Gasteiger partial charge < -0.3 is 4.98 Å². The molecule has 1 saturated heterocycles. The molecule has 6 heteroatoms. The fourth-order valence-corrected chi connectivity index (χ4v) is 2.54. The number of Topliss-reactive ketones (excluding diaryl/α,β-unsaturated/α-hetero) is 1. The quantitative estimate of drug-likeness (QED) is 0.510. The molecule has 0 bridgehead atoms. The van der Waals surface area contributed by atoms with Gasteiger partial charge in [-0.15, -0.1) is 0 Å². The highest BCUT2D eigenvalue weighted by Gasteiger charge is 2.29. The Kier molecular flexibility index (Phi) is 4.23. The van der Waals surface area contributed by atoms with Crippen molar-refractivity contribution in [3.8, 4) is 0 Å². The first-order chi connectivity index (χ1) is 9.43. The number of rotatable bonds is 5. The Labute approximate surface area is 118 Å². The van der Waals surface area contributed by atoms with Crippen LogP contribution in [0.2, 0.25) is 0 Å². The smallest absolute Gasteiger partial charge is 0.287 e. The van der Waals surface area contributed by atoms with Crippen molar-refractivity contribution in [1.82, 2.24) is 9.88 Å². The van der Waals surface area contributed by atoms with E-state index in [1.165, 1.54) is 12.3 Å². The molecule has 0 aromatic carbocycles. The summed E-state index contributed by atoms with van der Waals surface area (Å²) in [6.07, 6.45) is 4.62. The van der Waals surface area contributed by atoms with Crippen LogP contribution in [0.5, 0.6) is 0 Å². The maximum Gasteiger partial charge on any atom is 0.287 e. The standard InChI is InChI=1S/C14H21N3O3/c1-3-14(2)4-6-16(7-5-14)10-13(18)12-8-11(9-15-12)17(19)20/h8-9,15H,3-7,10H2,1-2H3. The number of nitrogens with one attached hydrogen (secondary N) is 1. The molecule has 2 rings (SSSR count). The Morgan fingerprint density at radius 3 is 2.65 bits per heavy atom. The Bertz CT molecular complexity index is 502. The minimum absolute atomic E-state index is 0.0643. The van der Waals surface area contributed by atoms with Crippen molar-refractivity contribution in [2.75, 3.05) is 19.6 Å². The van der Waals surface area contributed by atoms with Crippen molar-refractivity contribution in [1.29, 1.82) is 0 Å². The Balaban J connectivity index is 1.90. The average molecular weight is 279 g/mol. The van der Waals surface area contributed by atoms with E-state index in [9.17, 15) is 14.9 Å². The number of carbonyl (C=O) groups excluding carboxylic acids is 1. The van der Waals surface area contributed by atoms with Crippen LogP contribution < -0.4 is 0 Å². The van der Waals surface area contributed by atoms with Gasteiger partial charge in [0.15, 0.2) is 5.78 Å². The van der Waals surface area contributed by atoms with Gasteiger partial charge in [-0.05, 0) is 31.3 Å². The number of aromatic amines is 1. The predicted molar refractivity (Wildman–Crippen MR) is 75.8 cm³/mol. The van der Waals surface area contributed by atoms with Crippen LogP contribution in [0.25, 0.3) is 0 Å². The summed E-state index contributed by atoms with van der Waals surface area (Å²) in [6.45, 7) is 6.66. The van der Waals surface area contributed by atoms with Gasteiger partial charge in [-0.25, -0.2) is 0 Å². The minimum Gasteiger partial charge on any atom is -0.353 e. The van der Waals surface area contributed by atoms with Gasteiger partial charge in [0, 0.05) is 6.07 Å². The number of ketones is 1. The lowest BCUT2D eigenvalue weighted by molar-refractivity contribution is -0.384. The number of nitrogens with zero attached hydrogens (tertiary/aromatic N) is 2. The molecular formula is C14H21N3O3. The summed E-state index contributed by atoms with van der Waals surface area (Å²) < 4.78 is 0. The van der Waals surface area contributed by atoms with E-state index >= 15 is 0 Å². The summed E-state index contributed by atoms with van der Waals surface area (Å²) in [7, 11) is 0. The van der Waals surface area contributed by atoms with E-state index in [4.69, 9.17) is 0 Å². The summed E-state index contributed by atoms with van der Waals surface area (Å²) in [5, 5.41) is 10.6. The Hall–Kier alpha value is -1.69. The molecule has 1 aliphatic heterocycles. The lowest BCUT2D eigenvalue weighted by atomic mass is 9.78. The van der Waals surface area contributed by atoms with E-state index in [1.54, 1.807) is 0 Å². The van der Waals surface area contributed by atoms with Crippen LogP contribution in [0.4, 0.5) is 5.69 Å². The summed E-state index contributed by atoms with van der Waals surface area (Å²) in [4.78, 5) is 27.0. The first-order valence-electron chi connectivity index (χ1n) is 7.02. The maximum absolute atomic E-state index is 12.1. The fourth-order valence-electron chi connectivity index (χ4n) is 2.54. The topological polar surface area (TPSA) is 79.2 Å². The molecular weight excluding hydrogens is 258 g/mol. The van der Waals surface area contributed by atoms with Gasteiger partial charge in [0.1, 0.15) is 0 Å². The lowest BCUT2D eigenvalue weighted by Crippen LogP contribution is -2.41. The van der Waals surface area contributed by atoms with Crippen LogP contribution in [0.3, 0.4) is 0 Å². The third kappa shape index (κ3) is 3.25. The van der Waals surface area contributed by atoms with Gasteiger partial charge in [0.25, 0.3) is 5.69 Å². The molecule has 20 heavy (non-hydrogen) atoms. The average Bonchev–Trinajstić information content (AvgIpc) is 2.91. The second kappa shape index (κ2) is 5.75. The van der Waals surface area contributed by atoms with E-state index in [-0.39, 0.29) is 11.5 Å². The highest BCUT2D eigenvalue weighted by molar-refractivity contribution is 5.96. The van der Waals surface area contributed by atoms with Crippen molar-refractivity contribution in [2.24, 2.45) is 5.41 Å². The number of hydrogen-bond donors (Lipinski definition) is 1. The van der Waals surface area contributed by atoms with Crippen molar-refractivity contribution < 1.29 is 9.72 Å². The number of likely N-dealkylation sites (tertiary alicyclic amines) is 1. The molecule has 0 saturated carbocycles. The zero-order valence-corrected chi connectivity index (χ0v) is 12.0. The molecule has 0 amide bonds. The van der Waals surface area contributed by atoms with Crippen molar-refractivity contribution in [3.63, 3.8) is 0 Å². The van der Waals surface area contributed by atoms with Gasteiger partial charge in [-0.3, -0.25) is 19.8 Å². The van der Waals surface area contributed by atoms with Crippen molar-refractivity contribution >= 4 is 11.5 Å². The third-order valence-electron chi connectivity index (χ3n) is 4.46. The molecule has 0 atom stereocenters. The van der Waals surface area contributed by atoms with E-state index < -0.39 is 4.92 Å². The number of carbonyl (C=O) groups is 1. The largest absolute Gasteiger partial charge is 0.353 e. The molecule has 110 valence electrons. The first kappa shape index (κ1) is 14.7. The molecule has 0 aliphatic carbocycles. The number of hydrogen-bond acceptors (Lipinski definition) is 4. The highest BCUT2D eigenvalue weighted by atomic mass is 16.6. The SMILES string of the molecule is CCC1(C)CCN(CC(=O)c2cc([N+](=O)[O-])c[nH]2)CC1. The molecule has 1 aromatic rings. The molecule has 0 unspecified atom stereocenters. The van der Waals surface area contributed by atoms with Crippen LogP contribution >= 0.6 is 0 Å². The van der Waals surface area contributed by atoms with E-state index in [2.05, 4.69) is 23.7 Å². The second-order valence-electron chi connectivity index (χ2n) is 5.89. The predicted octanol–water partition coefficient (Wildman–Crippen LogP) is 2.62. The van der Waals surface area contributed by atoms with E-state index in [0.717, 1.165) is 32.4 Å². The highest BCUT2D eigenvalue weighted by Crippen LogP contribution is 2.33. The summed E-state index contributed by atoms with van der Waals surface area (Å²) in [5.74, 6) is -0.0850. The lowest BCUT2D eigenvalue weighted by Gasteiger charge is -2.38. The summed E-state index contributed by atoms with van der Waals surface area (Å²) in [5.41, 5.74) is 0.649. The van der Waals surface area contributed by atoms with E-state index in [1.807, 2.05) is 0 Å². The minimum atomic E-state index is -0.499. The second-order valence-corrected chi connectivity index (χ2v) is 5.89. The monoisotopic (exact) mass is 279 g/mol. The first-order valence-corrected chi connectivity index (χ1v) is 7.02. The molecule has 2 heterocycles. The number of H-pyrrole nitrogens is 1. The van der Waals surface area contributed by atoms with Crippen LogP contribution in [0.1, 0.15) is 43.6 Å². The molecule has 1 N–H and O–H groups in total. The molecule has 0 spiro atoms. The van der Waals surface area contributed by atoms with Crippen LogP contribution in [0.15, 0.2) is 12.3 Å². The van der Waals surface area contributed by atoms with E-state index in [0.29, 0.717) is 17.7 Å². The fraction of sp³-hybridized carbons (Fsp3) is 0.643. The zero-order chi connectivity index (χ0) is 14.8. The Morgan fingerprint density at radius 1 is 1.50 bits per heavy atom. The van der Waals surface area contributed by atoms with Gasteiger partial charge >= 0.3 is 0 Å². The summed E-state index contributed by atoms with van der Waals surface area (Å²) >= 11 is 0. The molecule has 1 fully saturated rings. The molecule has 6 nitrogen and oxygen atoms in total. The van der Waals surface area contributed by atoms with Gasteiger partial charge in [-0.2, -0.15) is 0 Å². The van der Waals surface area contributed by atoms with Crippen LogP contribution in [0, 0.1) is 15.5 Å². The third-order valence-corrected chi connectivity index (χ3v) is 4.46. The maximum atomic E-state index is 12.1. The van der Waals surface area contributed by atoms with Crippen molar-refractivity contribution in [2.45, 2.75) is 33.1 Å². The molecule has 1 aliphatic rings.